The standard InChI is InChI=1S/C27H21N3O5/c1-2-27(35-25(32)15-7-4-3-5-8-15)19-12-22-23-16(11-17-20(28)9-6-10-21(17)29-23)13-30(22)24(31)18(19)14-34-26(27)33/h3-12H,2,13-14,28H2,1H3/t27-/m0/s1. The Morgan fingerprint density at radius 3 is 2.71 bits per heavy atom. The van der Waals surface area contributed by atoms with Crippen molar-refractivity contribution in [2.24, 2.45) is 0 Å². The quantitative estimate of drug-likeness (QED) is 0.319. The van der Waals surface area contributed by atoms with Crippen molar-refractivity contribution in [3.8, 4) is 11.4 Å². The minimum Gasteiger partial charge on any atom is -0.457 e. The lowest BCUT2D eigenvalue weighted by Crippen LogP contribution is -2.47. The fraction of sp³-hybridized carbons (Fsp3) is 0.185. The fourth-order valence-corrected chi connectivity index (χ4v) is 4.97. The summed E-state index contributed by atoms with van der Waals surface area (Å²) in [4.78, 5) is 44.5. The Kier molecular flexibility index (Phi) is 4.54. The number of anilines is 1. The van der Waals surface area contributed by atoms with E-state index in [9.17, 15) is 14.4 Å². The summed E-state index contributed by atoms with van der Waals surface area (Å²) in [6.07, 6.45) is 0.106. The highest BCUT2D eigenvalue weighted by Crippen LogP contribution is 2.41. The van der Waals surface area contributed by atoms with Crippen LogP contribution < -0.4 is 11.3 Å². The molecule has 1 atom stereocenters. The van der Waals surface area contributed by atoms with E-state index in [2.05, 4.69) is 0 Å². The van der Waals surface area contributed by atoms with Crippen molar-refractivity contribution in [3.05, 3.63) is 93.3 Å². The van der Waals surface area contributed by atoms with Gasteiger partial charge in [-0.1, -0.05) is 31.2 Å². The number of ether oxygens (including phenoxy) is 2. The zero-order valence-corrected chi connectivity index (χ0v) is 18.9. The SMILES string of the molecule is CC[C@@]1(OC(=O)c2ccccc2)C(=O)OCc2c1cc1n(c2=O)Cc2cc3c(N)cccc3nc2-1. The number of esters is 2. The molecule has 0 saturated heterocycles. The van der Waals surface area contributed by atoms with E-state index in [0.29, 0.717) is 45.8 Å². The lowest BCUT2D eigenvalue weighted by molar-refractivity contribution is -0.173. The van der Waals surface area contributed by atoms with Crippen molar-refractivity contribution in [1.82, 2.24) is 9.55 Å². The lowest BCUT2D eigenvalue weighted by Gasteiger charge is -2.35. The van der Waals surface area contributed by atoms with Crippen LogP contribution in [0.25, 0.3) is 22.3 Å². The molecule has 0 aliphatic carbocycles. The van der Waals surface area contributed by atoms with Gasteiger partial charge < -0.3 is 19.8 Å². The second-order valence-corrected chi connectivity index (χ2v) is 8.74. The summed E-state index contributed by atoms with van der Waals surface area (Å²) in [6, 6.07) is 17.6. The lowest BCUT2D eigenvalue weighted by atomic mass is 9.85. The first-order valence-corrected chi connectivity index (χ1v) is 11.3. The number of fused-ring (bicyclic) bond motifs is 5. The van der Waals surface area contributed by atoms with E-state index in [1.807, 2.05) is 24.3 Å². The van der Waals surface area contributed by atoms with E-state index in [1.54, 1.807) is 47.9 Å². The molecule has 4 heterocycles. The average molecular weight is 467 g/mol. The van der Waals surface area contributed by atoms with E-state index in [0.717, 1.165) is 10.9 Å². The third-order valence-electron chi connectivity index (χ3n) is 6.83. The van der Waals surface area contributed by atoms with E-state index in [4.69, 9.17) is 20.2 Å². The zero-order valence-electron chi connectivity index (χ0n) is 18.9. The van der Waals surface area contributed by atoms with Crippen LogP contribution in [0.1, 0.15) is 40.4 Å². The van der Waals surface area contributed by atoms with Gasteiger partial charge in [0.1, 0.15) is 6.61 Å². The number of pyridine rings is 2. The molecule has 2 aliphatic rings. The molecule has 0 amide bonds. The number of hydrogen-bond acceptors (Lipinski definition) is 7. The van der Waals surface area contributed by atoms with E-state index >= 15 is 0 Å². The first-order chi connectivity index (χ1) is 16.9. The predicted octanol–water partition coefficient (Wildman–Crippen LogP) is 3.53. The van der Waals surface area contributed by atoms with Crippen LogP contribution >= 0.6 is 0 Å². The van der Waals surface area contributed by atoms with Gasteiger partial charge in [0.2, 0.25) is 5.60 Å². The number of rotatable bonds is 3. The van der Waals surface area contributed by atoms with Crippen molar-refractivity contribution >= 4 is 28.5 Å². The molecule has 6 rings (SSSR count). The van der Waals surface area contributed by atoms with Gasteiger partial charge in [-0.2, -0.15) is 0 Å². The summed E-state index contributed by atoms with van der Waals surface area (Å²) >= 11 is 0. The van der Waals surface area contributed by atoms with E-state index in [1.165, 1.54) is 0 Å². The molecule has 0 unspecified atom stereocenters. The van der Waals surface area contributed by atoms with Crippen molar-refractivity contribution < 1.29 is 19.1 Å². The molecular weight excluding hydrogens is 446 g/mol. The fourth-order valence-electron chi connectivity index (χ4n) is 4.97. The number of nitrogens with two attached hydrogens (primary N) is 1. The Morgan fingerprint density at radius 1 is 1.14 bits per heavy atom. The highest BCUT2D eigenvalue weighted by atomic mass is 16.6. The first-order valence-electron chi connectivity index (χ1n) is 11.3. The number of nitrogen functional groups attached to an aromatic ring is 1. The Bertz CT molecular complexity index is 1610. The smallest absolute Gasteiger partial charge is 0.355 e. The summed E-state index contributed by atoms with van der Waals surface area (Å²) in [7, 11) is 0. The van der Waals surface area contributed by atoms with E-state index < -0.39 is 17.5 Å². The van der Waals surface area contributed by atoms with Gasteiger partial charge in [-0.3, -0.25) is 4.79 Å². The van der Waals surface area contributed by atoms with Gasteiger partial charge in [-0.25, -0.2) is 14.6 Å². The van der Waals surface area contributed by atoms with Crippen LogP contribution in [0.4, 0.5) is 5.69 Å². The summed E-state index contributed by atoms with van der Waals surface area (Å²) in [6.45, 7) is 1.86. The van der Waals surface area contributed by atoms with Crippen LogP contribution in [0.5, 0.6) is 0 Å². The first kappa shape index (κ1) is 21.1. The minimum absolute atomic E-state index is 0.106. The topological polar surface area (TPSA) is 114 Å². The van der Waals surface area contributed by atoms with Gasteiger partial charge >= 0.3 is 11.9 Å². The Morgan fingerprint density at radius 2 is 1.94 bits per heavy atom. The summed E-state index contributed by atoms with van der Waals surface area (Å²) in [5, 5.41) is 0.815. The molecular formula is C27H21N3O5. The summed E-state index contributed by atoms with van der Waals surface area (Å²) < 4.78 is 12.8. The number of carbonyl (C=O) groups excluding carboxylic acids is 2. The van der Waals surface area contributed by atoms with Crippen LogP contribution in [-0.4, -0.2) is 21.5 Å². The highest BCUT2D eigenvalue weighted by Gasteiger charge is 2.50. The molecule has 35 heavy (non-hydrogen) atoms. The number of hydrogen-bond donors (Lipinski definition) is 1. The minimum atomic E-state index is -1.74. The van der Waals surface area contributed by atoms with Crippen LogP contribution in [-0.2, 0) is 33.0 Å². The van der Waals surface area contributed by atoms with Crippen LogP contribution in [0.15, 0.2) is 65.5 Å². The second-order valence-electron chi connectivity index (χ2n) is 8.74. The zero-order chi connectivity index (χ0) is 24.3. The van der Waals surface area contributed by atoms with Crippen LogP contribution in [0.2, 0.25) is 0 Å². The van der Waals surface area contributed by atoms with Gasteiger partial charge in [0.25, 0.3) is 5.56 Å². The van der Waals surface area contributed by atoms with Gasteiger partial charge in [-0.05, 0) is 42.8 Å². The molecule has 2 aromatic heterocycles. The maximum absolute atomic E-state index is 13.6. The molecule has 174 valence electrons. The molecule has 2 aromatic carbocycles. The third kappa shape index (κ3) is 2.99. The molecule has 0 radical (unpaired) electrons. The number of carbonyl (C=O) groups is 2. The number of cyclic esters (lactones) is 1. The Labute approximate surface area is 199 Å². The number of benzene rings is 2. The van der Waals surface area contributed by atoms with Gasteiger partial charge in [0.05, 0.1) is 34.6 Å². The molecule has 8 nitrogen and oxygen atoms in total. The van der Waals surface area contributed by atoms with Crippen molar-refractivity contribution in [3.63, 3.8) is 0 Å². The molecule has 0 spiro atoms. The molecule has 0 saturated carbocycles. The summed E-state index contributed by atoms with van der Waals surface area (Å²) in [5.41, 5.74) is 8.42. The van der Waals surface area contributed by atoms with Gasteiger partial charge in [0.15, 0.2) is 0 Å². The van der Waals surface area contributed by atoms with Gasteiger partial charge in [0, 0.05) is 22.2 Å². The largest absolute Gasteiger partial charge is 0.457 e. The molecule has 0 fully saturated rings. The maximum atomic E-state index is 13.6. The van der Waals surface area contributed by atoms with Crippen molar-refractivity contribution in [2.45, 2.75) is 32.1 Å². The number of aromatic nitrogens is 2. The predicted molar refractivity (Wildman–Crippen MR) is 129 cm³/mol. The average Bonchev–Trinajstić information content (AvgIpc) is 3.23. The van der Waals surface area contributed by atoms with Gasteiger partial charge in [-0.15, -0.1) is 0 Å². The van der Waals surface area contributed by atoms with Crippen LogP contribution in [0.3, 0.4) is 0 Å². The third-order valence-corrected chi connectivity index (χ3v) is 6.83. The number of nitrogens with zero attached hydrogens (tertiary/aromatic N) is 2. The van der Waals surface area contributed by atoms with E-state index in [-0.39, 0.29) is 18.6 Å². The molecule has 4 aromatic rings. The molecule has 8 heteroatoms. The monoisotopic (exact) mass is 467 g/mol. The highest BCUT2D eigenvalue weighted by molar-refractivity contribution is 5.95. The van der Waals surface area contributed by atoms with Crippen molar-refractivity contribution in [1.29, 1.82) is 0 Å². The maximum Gasteiger partial charge on any atom is 0.355 e. The second kappa shape index (κ2) is 7.53. The summed E-state index contributed by atoms with van der Waals surface area (Å²) in [5.74, 6) is -1.36. The molecule has 2 aliphatic heterocycles. The molecule has 0 bridgehead atoms. The normalized spacial score (nSPS) is 17.9. The Hall–Kier alpha value is -4.46. The van der Waals surface area contributed by atoms with Crippen LogP contribution in [0, 0.1) is 0 Å². The Balaban J connectivity index is 1.54. The molecule has 2 N–H and O–H groups in total. The van der Waals surface area contributed by atoms with Crippen molar-refractivity contribution in [2.75, 3.05) is 5.73 Å².